The fourth-order valence-corrected chi connectivity index (χ4v) is 0.385. The summed E-state index contributed by atoms with van der Waals surface area (Å²) >= 11 is -2.86. The maximum atomic E-state index is 9.44. The molecular weight excluding hydrogens is 243 g/mol. The molecule has 0 saturated carbocycles. The molecule has 0 aliphatic rings. The topological polar surface area (TPSA) is 77.4 Å². The number of hydrogen-bond acceptors (Lipinski definition) is 3. The molecule has 0 aromatic heterocycles. The smallest absolute Gasteiger partial charge is 0.750 e. The van der Waals surface area contributed by atoms with Crippen LogP contribution in [0.2, 0.25) is 0 Å². The number of rotatable bonds is 0. The van der Waals surface area contributed by atoms with Crippen LogP contribution in [0.3, 0.4) is 0 Å². The van der Waals surface area contributed by atoms with E-state index in [9.17, 15) is 4.79 Å². The zero-order chi connectivity index (χ0) is 11.4. The van der Waals surface area contributed by atoms with E-state index < -0.39 is 11.4 Å². The Morgan fingerprint density at radius 3 is 1.20 bits per heavy atom. The standard InChI is InChI=1S/C6H6.C3H6O.K.H2O3S/c1-2-4-6-5-3-1;1-3(2)4;;1-4(2)3/h1-6H;1-2H3;;(H2,1,2,3)/q;;+1;/p-1. The molecule has 0 radical (unpaired) electrons. The predicted octanol–water partition coefficient (Wildman–Crippen LogP) is -1.38. The molecule has 0 aliphatic carbocycles. The third kappa shape index (κ3) is 53.2. The molecular formula is C9H13KO4S. The predicted molar refractivity (Wildman–Crippen MR) is 54.3 cm³/mol. The summed E-state index contributed by atoms with van der Waals surface area (Å²) in [7, 11) is 0. The van der Waals surface area contributed by atoms with E-state index >= 15 is 0 Å². The van der Waals surface area contributed by atoms with Crippen LogP contribution in [0.5, 0.6) is 0 Å². The van der Waals surface area contributed by atoms with Crippen LogP contribution in [-0.4, -0.2) is 19.1 Å². The van der Waals surface area contributed by atoms with Crippen molar-refractivity contribution in [3.63, 3.8) is 0 Å². The Hall–Kier alpha value is 0.596. The first kappa shape index (κ1) is 20.9. The number of carbonyl (C=O) groups excluding carboxylic acids is 1. The fourth-order valence-electron chi connectivity index (χ4n) is 0.385. The van der Waals surface area contributed by atoms with Crippen LogP contribution in [-0.2, 0) is 16.2 Å². The Labute approximate surface area is 135 Å². The molecule has 0 saturated heterocycles. The van der Waals surface area contributed by atoms with Crippen molar-refractivity contribution < 1.29 is 69.5 Å². The second-order valence-corrected chi connectivity index (χ2v) is 2.71. The quantitative estimate of drug-likeness (QED) is 0.459. The van der Waals surface area contributed by atoms with E-state index in [0.29, 0.717) is 0 Å². The van der Waals surface area contributed by atoms with Gasteiger partial charge in [0.15, 0.2) is 0 Å². The minimum Gasteiger partial charge on any atom is -0.750 e. The van der Waals surface area contributed by atoms with E-state index in [4.69, 9.17) is 13.3 Å². The van der Waals surface area contributed by atoms with Gasteiger partial charge in [0.2, 0.25) is 0 Å². The van der Waals surface area contributed by atoms with Crippen LogP contribution in [0.25, 0.3) is 0 Å². The van der Waals surface area contributed by atoms with Gasteiger partial charge in [0, 0.05) is 0 Å². The molecule has 1 unspecified atom stereocenters. The van der Waals surface area contributed by atoms with Gasteiger partial charge in [0.25, 0.3) is 0 Å². The Bertz CT molecular complexity index is 207. The normalized spacial score (nSPS) is 9.07. The third-order valence-electron chi connectivity index (χ3n) is 0.667. The van der Waals surface area contributed by atoms with Crippen molar-refractivity contribution in [2.75, 3.05) is 0 Å². The van der Waals surface area contributed by atoms with Gasteiger partial charge in [-0.15, -0.1) is 0 Å². The molecule has 1 aromatic carbocycles. The van der Waals surface area contributed by atoms with Gasteiger partial charge in [-0.1, -0.05) is 36.4 Å². The van der Waals surface area contributed by atoms with E-state index in [2.05, 4.69) is 0 Å². The zero-order valence-corrected chi connectivity index (χ0v) is 13.0. The Morgan fingerprint density at radius 1 is 1.07 bits per heavy atom. The molecule has 0 amide bonds. The van der Waals surface area contributed by atoms with E-state index in [1.807, 2.05) is 36.4 Å². The largest absolute Gasteiger partial charge is 1.00 e. The minimum absolute atomic E-state index is 0. The summed E-state index contributed by atoms with van der Waals surface area (Å²) in [6, 6.07) is 12.0. The van der Waals surface area contributed by atoms with Crippen LogP contribution in [0, 0.1) is 0 Å². The van der Waals surface area contributed by atoms with Crippen molar-refractivity contribution in [1.82, 2.24) is 0 Å². The molecule has 15 heavy (non-hydrogen) atoms. The fraction of sp³-hybridized carbons (Fsp3) is 0.222. The first-order valence-corrected chi connectivity index (χ1v) is 4.75. The average molecular weight is 256 g/mol. The van der Waals surface area contributed by atoms with E-state index in [-0.39, 0.29) is 57.2 Å². The van der Waals surface area contributed by atoms with E-state index in [0.717, 1.165) is 0 Å². The Kier molecular flexibility index (Phi) is 23.7. The molecule has 4 nitrogen and oxygen atoms in total. The number of carbonyl (C=O) groups is 1. The molecule has 6 heteroatoms. The summed E-state index contributed by atoms with van der Waals surface area (Å²) in [6.45, 7) is 3.06. The van der Waals surface area contributed by atoms with Gasteiger partial charge in [-0.2, -0.15) is 0 Å². The molecule has 0 bridgehead atoms. The second kappa shape index (κ2) is 17.0. The SMILES string of the molecule is CC(C)=O.O=S([O-])O.[K+].c1ccccc1. The molecule has 1 N–H and O–H groups in total. The van der Waals surface area contributed by atoms with Crippen LogP contribution < -0.4 is 51.4 Å². The summed E-state index contributed by atoms with van der Waals surface area (Å²) in [5.41, 5.74) is 0. The molecule has 0 spiro atoms. The van der Waals surface area contributed by atoms with Gasteiger partial charge < -0.3 is 13.9 Å². The zero-order valence-electron chi connectivity index (χ0n) is 9.04. The number of hydrogen-bond donors (Lipinski definition) is 1. The molecule has 0 fully saturated rings. The first-order valence-electron chi connectivity index (χ1n) is 3.72. The van der Waals surface area contributed by atoms with Gasteiger partial charge in [-0.25, -0.2) is 4.21 Å². The van der Waals surface area contributed by atoms with Gasteiger partial charge in [-0.05, 0) is 13.8 Å². The summed E-state index contributed by atoms with van der Waals surface area (Å²) in [6.07, 6.45) is 0. The average Bonchev–Trinajstić information content (AvgIpc) is 2.05. The van der Waals surface area contributed by atoms with Crippen LogP contribution in [0.1, 0.15) is 13.8 Å². The van der Waals surface area contributed by atoms with Crippen LogP contribution >= 0.6 is 0 Å². The van der Waals surface area contributed by atoms with Gasteiger partial charge in [-0.3, -0.25) is 0 Å². The van der Waals surface area contributed by atoms with Crippen molar-refractivity contribution in [1.29, 1.82) is 0 Å². The molecule has 80 valence electrons. The number of benzene rings is 1. The minimum atomic E-state index is -2.86. The Balaban J connectivity index is -0.000000145. The molecule has 1 rings (SSSR count). The van der Waals surface area contributed by atoms with Crippen molar-refractivity contribution in [3.05, 3.63) is 36.4 Å². The second-order valence-electron chi connectivity index (χ2n) is 2.28. The maximum Gasteiger partial charge on any atom is 1.00 e. The van der Waals surface area contributed by atoms with Crippen LogP contribution in [0.4, 0.5) is 0 Å². The van der Waals surface area contributed by atoms with Gasteiger partial charge in [0.1, 0.15) is 5.78 Å². The van der Waals surface area contributed by atoms with Crippen molar-refractivity contribution in [2.45, 2.75) is 13.8 Å². The first-order chi connectivity index (χ1) is 6.46. The number of ketones is 1. The third-order valence-corrected chi connectivity index (χ3v) is 0.667. The van der Waals surface area contributed by atoms with Crippen LogP contribution in [0.15, 0.2) is 36.4 Å². The maximum absolute atomic E-state index is 9.44. The van der Waals surface area contributed by atoms with Crippen molar-refractivity contribution in [3.8, 4) is 0 Å². The van der Waals surface area contributed by atoms with Crippen molar-refractivity contribution in [2.24, 2.45) is 0 Å². The van der Waals surface area contributed by atoms with Gasteiger partial charge >= 0.3 is 51.4 Å². The summed E-state index contributed by atoms with van der Waals surface area (Å²) < 4.78 is 24.1. The van der Waals surface area contributed by atoms with E-state index in [1.165, 1.54) is 13.8 Å². The molecule has 0 aliphatic heterocycles. The van der Waals surface area contributed by atoms with Crippen molar-refractivity contribution >= 4 is 17.1 Å². The van der Waals surface area contributed by atoms with E-state index in [1.54, 1.807) is 0 Å². The molecule has 1 aromatic rings. The van der Waals surface area contributed by atoms with Gasteiger partial charge in [0.05, 0.1) is 11.4 Å². The summed E-state index contributed by atoms with van der Waals surface area (Å²) in [4.78, 5) is 9.44. The Morgan fingerprint density at radius 2 is 1.13 bits per heavy atom. The summed E-state index contributed by atoms with van der Waals surface area (Å²) in [5, 5.41) is 0. The monoisotopic (exact) mass is 256 g/mol. The summed E-state index contributed by atoms with van der Waals surface area (Å²) in [5.74, 6) is 0.167. The molecule has 0 heterocycles. The number of Topliss-reactive ketones (excluding diaryl/α,β-unsaturated/α-hetero) is 1. The molecule has 1 atom stereocenters.